The highest BCUT2D eigenvalue weighted by molar-refractivity contribution is 5.69. The normalized spacial score (nSPS) is 11.5. The van der Waals surface area contributed by atoms with Crippen LogP contribution < -0.4 is 5.56 Å². The number of aromatic nitrogens is 2. The van der Waals surface area contributed by atoms with Crippen LogP contribution >= 0.6 is 0 Å². The van der Waals surface area contributed by atoms with Gasteiger partial charge in [-0.3, -0.25) is 9.89 Å². The maximum Gasteiger partial charge on any atom is 0.433 e. The summed E-state index contributed by atoms with van der Waals surface area (Å²) in [5.74, 6) is 0. The van der Waals surface area contributed by atoms with Crippen molar-refractivity contribution in [3.05, 3.63) is 22.1 Å². The summed E-state index contributed by atoms with van der Waals surface area (Å²) in [7, 11) is 0. The first-order valence-electron chi connectivity index (χ1n) is 4.87. The lowest BCUT2D eigenvalue weighted by Gasteiger charge is -2.18. The zero-order chi connectivity index (χ0) is 11.6. The lowest BCUT2D eigenvalue weighted by atomic mass is 10.2. The Kier molecular flexibility index (Phi) is 3.02. The summed E-state index contributed by atoms with van der Waals surface area (Å²) in [4.78, 5) is 22.8. The van der Waals surface area contributed by atoms with Gasteiger partial charge < -0.3 is 4.74 Å². The molecule has 0 bridgehead atoms. The van der Waals surface area contributed by atoms with E-state index in [0.29, 0.717) is 12.0 Å². The SMILES string of the molecule is CCc1cn(C(=O)OC(C)(C)C)[nH]c1=O. The molecule has 1 N–H and O–H groups in total. The van der Waals surface area contributed by atoms with Gasteiger partial charge in [0.1, 0.15) is 5.60 Å². The molecule has 0 amide bonds. The summed E-state index contributed by atoms with van der Waals surface area (Å²) in [5.41, 5.74) is -0.242. The number of nitrogens with zero attached hydrogens (tertiary/aromatic N) is 1. The van der Waals surface area contributed by atoms with Gasteiger partial charge in [-0.05, 0) is 27.2 Å². The zero-order valence-electron chi connectivity index (χ0n) is 9.46. The fourth-order valence-electron chi connectivity index (χ4n) is 1.09. The van der Waals surface area contributed by atoms with E-state index in [0.717, 1.165) is 4.68 Å². The minimum Gasteiger partial charge on any atom is -0.442 e. The van der Waals surface area contributed by atoms with E-state index >= 15 is 0 Å². The first-order chi connectivity index (χ1) is 6.83. The molecule has 0 atom stereocenters. The Morgan fingerprint density at radius 1 is 1.53 bits per heavy atom. The number of aryl methyl sites for hydroxylation is 1. The summed E-state index contributed by atoms with van der Waals surface area (Å²) in [6.07, 6.45) is 1.49. The molecule has 5 nitrogen and oxygen atoms in total. The first kappa shape index (κ1) is 11.6. The molecule has 0 radical (unpaired) electrons. The van der Waals surface area contributed by atoms with Crippen LogP contribution in [0.1, 0.15) is 33.3 Å². The first-order valence-corrected chi connectivity index (χ1v) is 4.87. The van der Waals surface area contributed by atoms with E-state index in [2.05, 4.69) is 5.10 Å². The summed E-state index contributed by atoms with van der Waals surface area (Å²) < 4.78 is 6.17. The van der Waals surface area contributed by atoms with Gasteiger partial charge in [0.2, 0.25) is 0 Å². The molecule has 0 aromatic carbocycles. The molecule has 0 saturated carbocycles. The predicted octanol–water partition coefficient (Wildman–Crippen LogP) is 1.52. The van der Waals surface area contributed by atoms with Gasteiger partial charge in [-0.15, -0.1) is 0 Å². The number of aromatic amines is 1. The average molecular weight is 212 g/mol. The molecule has 0 saturated heterocycles. The van der Waals surface area contributed by atoms with Gasteiger partial charge in [-0.25, -0.2) is 4.79 Å². The second-order valence-electron chi connectivity index (χ2n) is 4.30. The molecule has 1 aromatic heterocycles. The molecule has 0 aliphatic heterocycles. The third-order valence-corrected chi connectivity index (χ3v) is 1.77. The van der Waals surface area contributed by atoms with Crippen molar-refractivity contribution in [1.29, 1.82) is 0 Å². The molecule has 0 aliphatic rings. The number of carbonyl (C=O) groups excluding carboxylic acids is 1. The van der Waals surface area contributed by atoms with Crippen LogP contribution in [0.3, 0.4) is 0 Å². The highest BCUT2D eigenvalue weighted by Gasteiger charge is 2.18. The molecule has 84 valence electrons. The third kappa shape index (κ3) is 2.97. The van der Waals surface area contributed by atoms with E-state index in [4.69, 9.17) is 4.74 Å². The number of nitrogens with one attached hydrogen (secondary N) is 1. The van der Waals surface area contributed by atoms with E-state index in [1.165, 1.54) is 6.20 Å². The molecule has 15 heavy (non-hydrogen) atoms. The molecule has 0 fully saturated rings. The van der Waals surface area contributed by atoms with Crippen LogP contribution in [0.4, 0.5) is 4.79 Å². The minimum atomic E-state index is -0.570. The number of hydrogen-bond donors (Lipinski definition) is 1. The fourth-order valence-corrected chi connectivity index (χ4v) is 1.09. The van der Waals surface area contributed by atoms with Gasteiger partial charge >= 0.3 is 6.09 Å². The number of H-pyrrole nitrogens is 1. The predicted molar refractivity (Wildman–Crippen MR) is 56.1 cm³/mol. The van der Waals surface area contributed by atoms with Crippen molar-refractivity contribution in [2.45, 2.75) is 39.7 Å². The summed E-state index contributed by atoms with van der Waals surface area (Å²) >= 11 is 0. The van der Waals surface area contributed by atoms with Gasteiger partial charge in [0.05, 0.1) is 0 Å². The number of hydrogen-bond acceptors (Lipinski definition) is 3. The van der Waals surface area contributed by atoms with Gasteiger partial charge in [0.15, 0.2) is 0 Å². The van der Waals surface area contributed by atoms with Crippen LogP contribution in [0.25, 0.3) is 0 Å². The van der Waals surface area contributed by atoms with Crippen LogP contribution in [0.15, 0.2) is 11.0 Å². The zero-order valence-corrected chi connectivity index (χ0v) is 9.46. The van der Waals surface area contributed by atoms with Gasteiger partial charge in [-0.1, -0.05) is 6.92 Å². The van der Waals surface area contributed by atoms with Crippen molar-refractivity contribution in [3.8, 4) is 0 Å². The molecule has 1 rings (SSSR count). The van der Waals surface area contributed by atoms with Crippen molar-refractivity contribution in [2.24, 2.45) is 0 Å². The highest BCUT2D eigenvalue weighted by atomic mass is 16.6. The van der Waals surface area contributed by atoms with Crippen molar-refractivity contribution >= 4 is 6.09 Å². The number of rotatable bonds is 1. The highest BCUT2D eigenvalue weighted by Crippen LogP contribution is 2.08. The quantitative estimate of drug-likeness (QED) is 0.767. The van der Waals surface area contributed by atoms with Crippen LogP contribution in [0.5, 0.6) is 0 Å². The minimum absolute atomic E-state index is 0.247. The van der Waals surface area contributed by atoms with Crippen molar-refractivity contribution < 1.29 is 9.53 Å². The van der Waals surface area contributed by atoms with E-state index < -0.39 is 11.7 Å². The molecule has 1 aromatic rings. The lowest BCUT2D eigenvalue weighted by molar-refractivity contribution is 0.0513. The Morgan fingerprint density at radius 2 is 2.13 bits per heavy atom. The maximum atomic E-state index is 11.5. The molecule has 0 spiro atoms. The molecule has 5 heteroatoms. The molecule has 0 aliphatic carbocycles. The number of carbonyl (C=O) groups is 1. The van der Waals surface area contributed by atoms with Crippen molar-refractivity contribution in [3.63, 3.8) is 0 Å². The van der Waals surface area contributed by atoms with Crippen LogP contribution in [0.2, 0.25) is 0 Å². The van der Waals surface area contributed by atoms with E-state index in [9.17, 15) is 9.59 Å². The smallest absolute Gasteiger partial charge is 0.433 e. The Morgan fingerprint density at radius 3 is 2.53 bits per heavy atom. The molecule has 0 unspecified atom stereocenters. The Balaban J connectivity index is 2.88. The standard InChI is InChI=1S/C10H16N2O3/c1-5-7-6-12(11-8(7)13)9(14)15-10(2,3)4/h6H,5H2,1-4H3,(H,11,13). The fraction of sp³-hybridized carbons (Fsp3) is 0.600. The van der Waals surface area contributed by atoms with E-state index in [1.807, 2.05) is 6.92 Å². The summed E-state index contributed by atoms with van der Waals surface area (Å²) in [6, 6.07) is 0. The van der Waals surface area contributed by atoms with Gasteiger partial charge in [0.25, 0.3) is 5.56 Å². The summed E-state index contributed by atoms with van der Waals surface area (Å²) in [6.45, 7) is 7.16. The number of ether oxygens (including phenoxy) is 1. The monoisotopic (exact) mass is 212 g/mol. The molecular formula is C10H16N2O3. The topological polar surface area (TPSA) is 64.1 Å². The van der Waals surface area contributed by atoms with Gasteiger partial charge in [-0.2, -0.15) is 4.68 Å². The second kappa shape index (κ2) is 3.92. The van der Waals surface area contributed by atoms with E-state index in [-0.39, 0.29) is 5.56 Å². The Labute approximate surface area is 88.0 Å². The van der Waals surface area contributed by atoms with Crippen LogP contribution in [0, 0.1) is 0 Å². The van der Waals surface area contributed by atoms with Crippen molar-refractivity contribution in [1.82, 2.24) is 9.78 Å². The lowest BCUT2D eigenvalue weighted by Crippen LogP contribution is -2.28. The van der Waals surface area contributed by atoms with E-state index in [1.54, 1.807) is 20.8 Å². The largest absolute Gasteiger partial charge is 0.442 e. The Hall–Kier alpha value is -1.52. The summed E-state index contributed by atoms with van der Waals surface area (Å²) in [5, 5.41) is 2.40. The van der Waals surface area contributed by atoms with Crippen LogP contribution in [-0.4, -0.2) is 21.5 Å². The maximum absolute atomic E-state index is 11.5. The average Bonchev–Trinajstić information content (AvgIpc) is 2.43. The Bertz CT molecular complexity index is 409. The second-order valence-corrected chi connectivity index (χ2v) is 4.30. The van der Waals surface area contributed by atoms with Gasteiger partial charge in [0, 0.05) is 11.8 Å². The molecular weight excluding hydrogens is 196 g/mol. The molecule has 1 heterocycles. The van der Waals surface area contributed by atoms with Crippen LogP contribution in [-0.2, 0) is 11.2 Å². The third-order valence-electron chi connectivity index (χ3n) is 1.77. The van der Waals surface area contributed by atoms with Crippen molar-refractivity contribution in [2.75, 3.05) is 0 Å².